The van der Waals surface area contributed by atoms with Crippen LogP contribution < -0.4 is 5.32 Å². The lowest BCUT2D eigenvalue weighted by Crippen LogP contribution is -2.50. The predicted molar refractivity (Wildman–Crippen MR) is 86.8 cm³/mol. The van der Waals surface area contributed by atoms with Crippen molar-refractivity contribution in [1.29, 1.82) is 0 Å². The molecule has 0 bridgehead atoms. The third kappa shape index (κ3) is 3.09. The van der Waals surface area contributed by atoms with Crippen molar-refractivity contribution >= 4 is 17.0 Å². The number of piperazine rings is 1. The number of fused-ring (bicyclic) bond motifs is 1. The van der Waals surface area contributed by atoms with E-state index < -0.39 is 5.60 Å². The molecule has 0 aliphatic carbocycles. The Balaban J connectivity index is 1.87. The monoisotopic (exact) mass is 301 g/mol. The van der Waals surface area contributed by atoms with Crippen LogP contribution in [0, 0.1) is 0 Å². The van der Waals surface area contributed by atoms with Crippen LogP contribution >= 0.6 is 0 Å². The van der Waals surface area contributed by atoms with Gasteiger partial charge in [0.05, 0.1) is 6.04 Å². The zero-order valence-corrected chi connectivity index (χ0v) is 13.3. The number of hydrogen-bond acceptors (Lipinski definition) is 3. The molecular formula is C17H23N3O2. The van der Waals surface area contributed by atoms with Crippen LogP contribution in [0.15, 0.2) is 30.3 Å². The number of nitrogens with one attached hydrogen (secondary N) is 2. The molecule has 2 N–H and O–H groups in total. The van der Waals surface area contributed by atoms with Gasteiger partial charge in [-0.25, -0.2) is 4.79 Å². The summed E-state index contributed by atoms with van der Waals surface area (Å²) in [5.74, 6) is 0. The average Bonchev–Trinajstić information content (AvgIpc) is 2.89. The van der Waals surface area contributed by atoms with E-state index in [0.717, 1.165) is 29.7 Å². The Kier molecular flexibility index (Phi) is 3.83. The molecule has 1 amide bonds. The van der Waals surface area contributed by atoms with Crippen molar-refractivity contribution in [2.75, 3.05) is 19.6 Å². The van der Waals surface area contributed by atoms with Gasteiger partial charge in [-0.1, -0.05) is 18.2 Å². The maximum atomic E-state index is 12.5. The number of ether oxygens (including phenoxy) is 1. The highest BCUT2D eigenvalue weighted by atomic mass is 16.6. The first kappa shape index (κ1) is 14.9. The van der Waals surface area contributed by atoms with Crippen molar-refractivity contribution in [1.82, 2.24) is 15.2 Å². The Labute approximate surface area is 130 Å². The quantitative estimate of drug-likeness (QED) is 0.851. The zero-order valence-electron chi connectivity index (χ0n) is 13.3. The summed E-state index contributed by atoms with van der Waals surface area (Å²) in [7, 11) is 0. The van der Waals surface area contributed by atoms with Crippen LogP contribution in [-0.4, -0.2) is 41.2 Å². The molecule has 0 radical (unpaired) electrons. The van der Waals surface area contributed by atoms with Crippen LogP contribution in [-0.2, 0) is 4.74 Å². The molecule has 1 atom stereocenters. The van der Waals surface area contributed by atoms with Gasteiger partial charge in [0, 0.05) is 30.8 Å². The van der Waals surface area contributed by atoms with Gasteiger partial charge in [-0.3, -0.25) is 4.90 Å². The molecule has 0 spiro atoms. The Morgan fingerprint density at radius 3 is 2.82 bits per heavy atom. The predicted octanol–water partition coefficient (Wildman–Crippen LogP) is 3.05. The number of nitrogens with zero attached hydrogens (tertiary/aromatic N) is 1. The van der Waals surface area contributed by atoms with E-state index in [9.17, 15) is 4.79 Å². The van der Waals surface area contributed by atoms with Crippen molar-refractivity contribution in [3.63, 3.8) is 0 Å². The first-order valence-corrected chi connectivity index (χ1v) is 7.72. The highest BCUT2D eigenvalue weighted by Gasteiger charge is 2.32. The van der Waals surface area contributed by atoms with E-state index in [1.54, 1.807) is 0 Å². The first-order valence-electron chi connectivity index (χ1n) is 7.72. The molecule has 1 saturated heterocycles. The summed E-state index contributed by atoms with van der Waals surface area (Å²) in [6.07, 6.45) is -0.252. The molecule has 1 unspecified atom stereocenters. The van der Waals surface area contributed by atoms with Gasteiger partial charge in [0.1, 0.15) is 5.60 Å². The van der Waals surface area contributed by atoms with Gasteiger partial charge in [0.25, 0.3) is 0 Å². The summed E-state index contributed by atoms with van der Waals surface area (Å²) in [6.45, 7) is 7.85. The zero-order chi connectivity index (χ0) is 15.7. The summed E-state index contributed by atoms with van der Waals surface area (Å²) >= 11 is 0. The molecule has 22 heavy (non-hydrogen) atoms. The van der Waals surface area contributed by atoms with Crippen molar-refractivity contribution in [3.8, 4) is 0 Å². The highest BCUT2D eigenvalue weighted by molar-refractivity contribution is 5.80. The second-order valence-electron chi connectivity index (χ2n) is 6.71. The Bertz CT molecular complexity index is 639. The van der Waals surface area contributed by atoms with Crippen LogP contribution in [0.4, 0.5) is 4.79 Å². The number of carbonyl (C=O) groups excluding carboxylic acids is 1. The maximum Gasteiger partial charge on any atom is 0.410 e. The molecule has 0 saturated carbocycles. The Morgan fingerprint density at radius 1 is 1.32 bits per heavy atom. The van der Waals surface area contributed by atoms with Crippen LogP contribution in [0.3, 0.4) is 0 Å². The van der Waals surface area contributed by atoms with E-state index in [1.165, 1.54) is 0 Å². The molecule has 1 aliphatic rings. The van der Waals surface area contributed by atoms with E-state index in [0.29, 0.717) is 6.54 Å². The minimum atomic E-state index is -0.479. The van der Waals surface area contributed by atoms with Crippen LogP contribution in [0.1, 0.15) is 32.5 Å². The number of aromatic nitrogens is 1. The van der Waals surface area contributed by atoms with E-state index in [4.69, 9.17) is 4.74 Å². The van der Waals surface area contributed by atoms with Crippen molar-refractivity contribution in [2.24, 2.45) is 0 Å². The SMILES string of the molecule is CC(C)(C)OC(=O)N1CCNCC1c1cc2ccccc2[nH]1. The molecule has 118 valence electrons. The summed E-state index contributed by atoms with van der Waals surface area (Å²) in [5.41, 5.74) is 1.65. The maximum absolute atomic E-state index is 12.5. The van der Waals surface area contributed by atoms with Gasteiger partial charge in [0.15, 0.2) is 0 Å². The van der Waals surface area contributed by atoms with Gasteiger partial charge in [-0.15, -0.1) is 0 Å². The molecule has 1 aromatic carbocycles. The van der Waals surface area contributed by atoms with Crippen LogP contribution in [0.2, 0.25) is 0 Å². The lowest BCUT2D eigenvalue weighted by atomic mass is 10.1. The lowest BCUT2D eigenvalue weighted by molar-refractivity contribution is 0.0114. The Morgan fingerprint density at radius 2 is 2.09 bits per heavy atom. The minimum absolute atomic E-state index is 0.0315. The van der Waals surface area contributed by atoms with Crippen molar-refractivity contribution in [3.05, 3.63) is 36.0 Å². The second-order valence-corrected chi connectivity index (χ2v) is 6.71. The number of para-hydroxylation sites is 1. The first-order chi connectivity index (χ1) is 10.4. The second kappa shape index (κ2) is 5.65. The summed E-state index contributed by atoms with van der Waals surface area (Å²) < 4.78 is 5.55. The van der Waals surface area contributed by atoms with E-state index in [-0.39, 0.29) is 12.1 Å². The smallest absolute Gasteiger partial charge is 0.410 e. The normalized spacial score (nSPS) is 19.4. The summed E-state index contributed by atoms with van der Waals surface area (Å²) in [6, 6.07) is 10.2. The molecule has 2 heterocycles. The third-order valence-electron chi connectivity index (χ3n) is 3.78. The average molecular weight is 301 g/mol. The van der Waals surface area contributed by atoms with Gasteiger partial charge in [0.2, 0.25) is 0 Å². The minimum Gasteiger partial charge on any atom is -0.444 e. The standard InChI is InChI=1S/C17H23N3O2/c1-17(2,3)22-16(21)20-9-8-18-11-15(20)14-10-12-6-4-5-7-13(12)19-14/h4-7,10,15,18-19H,8-9,11H2,1-3H3. The largest absolute Gasteiger partial charge is 0.444 e. The Hall–Kier alpha value is -2.01. The molecule has 1 aromatic heterocycles. The molecule has 5 nitrogen and oxygen atoms in total. The fourth-order valence-corrected chi connectivity index (χ4v) is 2.80. The summed E-state index contributed by atoms with van der Waals surface area (Å²) in [5, 5.41) is 4.52. The van der Waals surface area contributed by atoms with Gasteiger partial charge < -0.3 is 15.0 Å². The topological polar surface area (TPSA) is 57.4 Å². The third-order valence-corrected chi connectivity index (χ3v) is 3.78. The molecule has 5 heteroatoms. The number of hydrogen-bond donors (Lipinski definition) is 2. The molecule has 1 fully saturated rings. The number of aromatic amines is 1. The van der Waals surface area contributed by atoms with Gasteiger partial charge >= 0.3 is 6.09 Å². The molecular weight excluding hydrogens is 278 g/mol. The van der Waals surface area contributed by atoms with E-state index in [1.807, 2.05) is 43.9 Å². The van der Waals surface area contributed by atoms with Crippen molar-refractivity contribution in [2.45, 2.75) is 32.4 Å². The fourth-order valence-electron chi connectivity index (χ4n) is 2.80. The number of rotatable bonds is 1. The number of carbonyl (C=O) groups is 1. The number of H-pyrrole nitrogens is 1. The highest BCUT2D eigenvalue weighted by Crippen LogP contribution is 2.27. The summed E-state index contributed by atoms with van der Waals surface area (Å²) in [4.78, 5) is 17.7. The number of amides is 1. The van der Waals surface area contributed by atoms with Crippen molar-refractivity contribution < 1.29 is 9.53 Å². The molecule has 1 aliphatic heterocycles. The van der Waals surface area contributed by atoms with Crippen LogP contribution in [0.25, 0.3) is 10.9 Å². The lowest BCUT2D eigenvalue weighted by Gasteiger charge is -2.36. The van der Waals surface area contributed by atoms with Crippen LogP contribution in [0.5, 0.6) is 0 Å². The fraction of sp³-hybridized carbons (Fsp3) is 0.471. The number of benzene rings is 1. The van der Waals surface area contributed by atoms with Gasteiger partial charge in [-0.2, -0.15) is 0 Å². The van der Waals surface area contributed by atoms with E-state index in [2.05, 4.69) is 22.4 Å². The van der Waals surface area contributed by atoms with E-state index >= 15 is 0 Å². The van der Waals surface area contributed by atoms with Gasteiger partial charge in [-0.05, 0) is 38.3 Å². The molecule has 3 rings (SSSR count). The molecule has 2 aromatic rings.